The molecular weight excluding hydrogens is 380 g/mol. The molecule has 9 heteroatoms. The lowest BCUT2D eigenvalue weighted by molar-refractivity contribution is 0.0962. The number of phenols is 1. The minimum absolute atomic E-state index is 0.0886. The molecule has 140 valence electrons. The summed E-state index contributed by atoms with van der Waals surface area (Å²) in [5, 5.41) is 14.9. The Hall–Kier alpha value is -3.65. The Morgan fingerprint density at radius 1 is 1.14 bits per heavy atom. The number of hydrogen-bond acceptors (Lipinski definition) is 6. The smallest absolute Gasteiger partial charge is 0.269 e. The van der Waals surface area contributed by atoms with Crippen molar-refractivity contribution in [3.05, 3.63) is 71.1 Å². The monoisotopic (exact) mass is 394 g/mol. The van der Waals surface area contributed by atoms with Gasteiger partial charge < -0.3 is 5.11 Å². The van der Waals surface area contributed by atoms with Crippen LogP contribution in [0, 0.1) is 6.92 Å². The number of nitrogens with zero attached hydrogens (tertiary/aromatic N) is 4. The molecule has 0 saturated heterocycles. The van der Waals surface area contributed by atoms with Crippen LogP contribution < -0.4 is 10.9 Å². The molecule has 0 spiro atoms. The molecule has 0 radical (unpaired) electrons. The molecule has 8 nitrogen and oxygen atoms in total. The lowest BCUT2D eigenvalue weighted by atomic mass is 10.2. The van der Waals surface area contributed by atoms with Gasteiger partial charge in [0.05, 0.1) is 17.3 Å². The van der Waals surface area contributed by atoms with Crippen molar-refractivity contribution in [3.8, 4) is 11.4 Å². The third-order valence-electron chi connectivity index (χ3n) is 4.19. The van der Waals surface area contributed by atoms with Gasteiger partial charge in [0.25, 0.3) is 5.91 Å². The highest BCUT2D eigenvalue weighted by atomic mass is 35.5. The van der Waals surface area contributed by atoms with Crippen LogP contribution in [0.1, 0.15) is 15.9 Å². The van der Waals surface area contributed by atoms with Crippen LogP contribution in [0.5, 0.6) is 5.75 Å². The molecule has 0 saturated carbocycles. The molecule has 4 rings (SSSR count). The van der Waals surface area contributed by atoms with Gasteiger partial charge in [-0.1, -0.05) is 17.7 Å². The maximum atomic E-state index is 12.2. The second-order valence-corrected chi connectivity index (χ2v) is 6.48. The van der Waals surface area contributed by atoms with Gasteiger partial charge in [-0.05, 0) is 48.9 Å². The number of carbonyl (C=O) groups is 1. The Bertz CT molecular complexity index is 1170. The van der Waals surface area contributed by atoms with Crippen molar-refractivity contribution in [2.45, 2.75) is 6.92 Å². The number of anilines is 1. The van der Waals surface area contributed by atoms with E-state index in [9.17, 15) is 9.90 Å². The van der Waals surface area contributed by atoms with Gasteiger partial charge in [-0.3, -0.25) is 15.6 Å². The van der Waals surface area contributed by atoms with Crippen LogP contribution in [0.25, 0.3) is 16.7 Å². The van der Waals surface area contributed by atoms with E-state index >= 15 is 0 Å². The predicted molar refractivity (Wildman–Crippen MR) is 106 cm³/mol. The van der Waals surface area contributed by atoms with E-state index in [1.807, 2.05) is 25.1 Å². The fraction of sp³-hybridized carbons (Fsp3) is 0.0526. The Kier molecular flexibility index (Phi) is 4.54. The van der Waals surface area contributed by atoms with Crippen LogP contribution in [-0.2, 0) is 0 Å². The Morgan fingerprint density at radius 2 is 1.93 bits per heavy atom. The zero-order chi connectivity index (χ0) is 19.7. The Balaban J connectivity index is 1.60. The number of amides is 1. The second-order valence-electron chi connectivity index (χ2n) is 6.08. The van der Waals surface area contributed by atoms with E-state index in [1.165, 1.54) is 30.6 Å². The number of carbonyl (C=O) groups excluding carboxylic acids is 1. The fourth-order valence-electron chi connectivity index (χ4n) is 2.65. The third kappa shape index (κ3) is 3.33. The van der Waals surface area contributed by atoms with Crippen molar-refractivity contribution in [2.75, 3.05) is 5.43 Å². The maximum absolute atomic E-state index is 12.2. The molecule has 28 heavy (non-hydrogen) atoms. The highest BCUT2D eigenvalue weighted by Crippen LogP contribution is 2.24. The van der Waals surface area contributed by atoms with Crippen molar-refractivity contribution in [1.82, 2.24) is 25.2 Å². The number of rotatable bonds is 4. The molecular formula is C19H15ClN6O2. The van der Waals surface area contributed by atoms with Crippen LogP contribution in [0.4, 0.5) is 5.82 Å². The third-order valence-corrected chi connectivity index (χ3v) is 4.60. The normalized spacial score (nSPS) is 10.8. The van der Waals surface area contributed by atoms with Gasteiger partial charge in [0.15, 0.2) is 11.5 Å². The molecule has 2 aromatic carbocycles. The van der Waals surface area contributed by atoms with E-state index in [-0.39, 0.29) is 11.7 Å². The zero-order valence-electron chi connectivity index (χ0n) is 14.7. The summed E-state index contributed by atoms with van der Waals surface area (Å²) in [6.07, 6.45) is 2.99. The molecule has 0 unspecified atom stereocenters. The van der Waals surface area contributed by atoms with Crippen molar-refractivity contribution >= 4 is 34.4 Å². The molecule has 4 aromatic rings. The van der Waals surface area contributed by atoms with Crippen molar-refractivity contribution in [3.63, 3.8) is 0 Å². The molecule has 1 amide bonds. The molecule has 2 heterocycles. The number of aryl methyl sites for hydroxylation is 1. The van der Waals surface area contributed by atoms with Crippen LogP contribution in [-0.4, -0.2) is 30.8 Å². The number of hydrogen-bond donors (Lipinski definition) is 3. The minimum Gasteiger partial charge on any atom is -0.508 e. The largest absolute Gasteiger partial charge is 0.508 e. The van der Waals surface area contributed by atoms with Crippen molar-refractivity contribution < 1.29 is 9.90 Å². The van der Waals surface area contributed by atoms with Crippen LogP contribution in [0.15, 0.2) is 55.0 Å². The lowest BCUT2D eigenvalue weighted by Gasteiger charge is -2.09. The summed E-state index contributed by atoms with van der Waals surface area (Å²) in [6.45, 7) is 1.92. The zero-order valence-corrected chi connectivity index (χ0v) is 15.5. The number of aromatic nitrogens is 4. The van der Waals surface area contributed by atoms with Gasteiger partial charge in [0.2, 0.25) is 0 Å². The molecule has 3 N–H and O–H groups in total. The standard InChI is InChI=1S/C19H15ClN6O2/c1-11-2-5-13(8-16(11)20)26-18-15(9-23-26)17(21-10-22-18)24-25-19(28)12-3-6-14(27)7-4-12/h2-10,27H,1H3,(H,25,28)(H,21,22,24). The van der Waals surface area contributed by atoms with E-state index in [0.29, 0.717) is 27.4 Å². The molecule has 0 aliphatic carbocycles. The summed E-state index contributed by atoms with van der Waals surface area (Å²) in [4.78, 5) is 20.7. The molecule has 0 aliphatic rings. The number of nitrogens with one attached hydrogen (secondary N) is 2. The molecule has 0 bridgehead atoms. The Morgan fingerprint density at radius 3 is 2.68 bits per heavy atom. The first kappa shape index (κ1) is 17.7. The van der Waals surface area contributed by atoms with Gasteiger partial charge in [0.1, 0.15) is 12.1 Å². The SMILES string of the molecule is Cc1ccc(-n2ncc3c(NNC(=O)c4ccc(O)cc4)ncnc32)cc1Cl. The molecule has 2 aromatic heterocycles. The van der Waals surface area contributed by atoms with Gasteiger partial charge in [-0.15, -0.1) is 0 Å². The lowest BCUT2D eigenvalue weighted by Crippen LogP contribution is -2.29. The van der Waals surface area contributed by atoms with E-state index in [1.54, 1.807) is 10.9 Å². The number of phenolic OH excluding ortho intramolecular Hbond substituents is 1. The number of hydrazine groups is 1. The van der Waals surface area contributed by atoms with E-state index in [0.717, 1.165) is 11.3 Å². The summed E-state index contributed by atoms with van der Waals surface area (Å²) in [6, 6.07) is 11.5. The van der Waals surface area contributed by atoms with Gasteiger partial charge in [-0.25, -0.2) is 14.6 Å². The molecule has 0 atom stereocenters. The first-order valence-corrected chi connectivity index (χ1v) is 8.71. The number of halogens is 1. The average molecular weight is 395 g/mol. The minimum atomic E-state index is -0.371. The summed E-state index contributed by atoms with van der Waals surface area (Å²) < 4.78 is 1.65. The number of benzene rings is 2. The van der Waals surface area contributed by atoms with E-state index in [2.05, 4.69) is 25.9 Å². The fourth-order valence-corrected chi connectivity index (χ4v) is 2.82. The highest BCUT2D eigenvalue weighted by Gasteiger charge is 2.13. The summed E-state index contributed by atoms with van der Waals surface area (Å²) in [7, 11) is 0. The highest BCUT2D eigenvalue weighted by molar-refractivity contribution is 6.31. The topological polar surface area (TPSA) is 105 Å². The van der Waals surface area contributed by atoms with E-state index < -0.39 is 0 Å². The molecule has 0 aliphatic heterocycles. The number of fused-ring (bicyclic) bond motifs is 1. The van der Waals surface area contributed by atoms with Crippen molar-refractivity contribution in [1.29, 1.82) is 0 Å². The van der Waals surface area contributed by atoms with Crippen molar-refractivity contribution in [2.24, 2.45) is 0 Å². The Labute approximate surface area is 164 Å². The molecule has 0 fully saturated rings. The van der Waals surface area contributed by atoms with Crippen LogP contribution in [0.2, 0.25) is 5.02 Å². The van der Waals surface area contributed by atoms with Gasteiger partial charge in [-0.2, -0.15) is 5.10 Å². The quantitative estimate of drug-likeness (QED) is 0.459. The van der Waals surface area contributed by atoms with E-state index in [4.69, 9.17) is 11.6 Å². The average Bonchev–Trinajstić information content (AvgIpc) is 3.13. The predicted octanol–water partition coefficient (Wildman–Crippen LogP) is 3.24. The summed E-state index contributed by atoms with van der Waals surface area (Å²) in [5.41, 5.74) is 8.06. The van der Waals surface area contributed by atoms with Gasteiger partial charge >= 0.3 is 0 Å². The van der Waals surface area contributed by atoms with Crippen LogP contribution in [0.3, 0.4) is 0 Å². The maximum Gasteiger partial charge on any atom is 0.269 e. The number of aromatic hydroxyl groups is 1. The first-order valence-electron chi connectivity index (χ1n) is 8.33. The first-order chi connectivity index (χ1) is 13.5. The van der Waals surface area contributed by atoms with Crippen LogP contribution >= 0.6 is 11.6 Å². The second kappa shape index (κ2) is 7.16. The van der Waals surface area contributed by atoms with Gasteiger partial charge in [0, 0.05) is 10.6 Å². The summed E-state index contributed by atoms with van der Waals surface area (Å²) in [5.74, 6) is 0.122. The summed E-state index contributed by atoms with van der Waals surface area (Å²) >= 11 is 6.22.